The molecule has 1 aromatic heterocycles. The standard InChI is InChI=1S/C42H45ClFN9O5/c1-25-3-10-36(40(55)48-25)53-41(56)30-20-33(44)37(21-31(30)42(53)57)51-17-15-50(16-18-51)24-26-11-13-52(14-12-26)38-23-46-35(22-47-38)39(54)49-27-4-6-28(7-5-27)58-29-8-9-34(45-2)32(43)19-29/h8-9,19-23,26-28,36H,1,3-7,10-18,24H2,(H,48,55)(H,49,54). The van der Waals surface area contributed by atoms with Crippen LogP contribution in [0.25, 0.3) is 4.85 Å². The number of aromatic nitrogens is 2. The zero-order valence-electron chi connectivity index (χ0n) is 32.1. The fraction of sp³-hybridized carbons (Fsp3) is 0.452. The Morgan fingerprint density at radius 3 is 2.31 bits per heavy atom. The van der Waals surface area contributed by atoms with Crippen LogP contribution < -0.4 is 25.2 Å². The van der Waals surface area contributed by atoms with Crippen LogP contribution in [0.4, 0.5) is 21.6 Å². The first-order valence-electron chi connectivity index (χ1n) is 19.9. The normalized spacial score (nSPS) is 23.1. The number of rotatable bonds is 9. The second-order valence-corrected chi connectivity index (χ2v) is 16.2. The van der Waals surface area contributed by atoms with Crippen molar-refractivity contribution < 1.29 is 28.3 Å². The van der Waals surface area contributed by atoms with Crippen molar-refractivity contribution in [1.29, 1.82) is 0 Å². The van der Waals surface area contributed by atoms with E-state index in [1.54, 1.807) is 30.6 Å². The van der Waals surface area contributed by atoms with E-state index in [2.05, 4.69) is 41.8 Å². The number of carbonyl (C=O) groups excluding carboxylic acids is 4. The molecule has 0 radical (unpaired) electrons. The van der Waals surface area contributed by atoms with Crippen molar-refractivity contribution in [3.05, 3.63) is 94.1 Å². The quantitative estimate of drug-likeness (QED) is 0.214. The zero-order chi connectivity index (χ0) is 40.5. The van der Waals surface area contributed by atoms with Gasteiger partial charge in [-0.2, -0.15) is 0 Å². The lowest BCUT2D eigenvalue weighted by Crippen LogP contribution is -2.51. The Labute approximate surface area is 341 Å². The number of allylic oxidation sites excluding steroid dienone is 1. The monoisotopic (exact) mass is 809 g/mol. The van der Waals surface area contributed by atoms with Crippen molar-refractivity contribution in [2.24, 2.45) is 5.92 Å². The van der Waals surface area contributed by atoms with Crippen molar-refractivity contribution >= 4 is 52.4 Å². The molecule has 8 rings (SSSR count). The predicted molar refractivity (Wildman–Crippen MR) is 215 cm³/mol. The summed E-state index contributed by atoms with van der Waals surface area (Å²) in [7, 11) is 0. The van der Waals surface area contributed by atoms with Crippen molar-refractivity contribution in [2.75, 3.05) is 55.6 Å². The molecule has 1 saturated carbocycles. The number of halogens is 2. The number of nitrogens with one attached hydrogen (secondary N) is 2. The Morgan fingerprint density at radius 1 is 0.931 bits per heavy atom. The first-order chi connectivity index (χ1) is 28.0. The minimum atomic E-state index is -0.944. The lowest BCUT2D eigenvalue weighted by atomic mass is 9.93. The van der Waals surface area contributed by atoms with E-state index in [4.69, 9.17) is 22.9 Å². The number of hydrogen-bond donors (Lipinski definition) is 2. The molecule has 4 aliphatic heterocycles. The number of imide groups is 1. The lowest BCUT2D eigenvalue weighted by molar-refractivity contribution is -0.125. The molecule has 3 saturated heterocycles. The number of piperidine rings is 2. The van der Waals surface area contributed by atoms with E-state index < -0.39 is 29.6 Å². The SMILES string of the molecule is [C-]#[N+]c1ccc(OC2CCC(NC(=O)c3cnc(N4CCC(CN5CCN(c6cc7c(cc6F)C(=O)N(C6CCC(=C)NC6=O)C7=O)CC5)CC4)cn3)CC2)cc1Cl. The third kappa shape index (κ3) is 8.21. The Kier molecular flexibility index (Phi) is 11.3. The van der Waals surface area contributed by atoms with Crippen molar-refractivity contribution in [3.8, 4) is 5.75 Å². The summed E-state index contributed by atoms with van der Waals surface area (Å²) < 4.78 is 21.5. The summed E-state index contributed by atoms with van der Waals surface area (Å²) in [5.74, 6) is -0.589. The molecule has 58 heavy (non-hydrogen) atoms. The van der Waals surface area contributed by atoms with Gasteiger partial charge in [-0.05, 0) is 81.5 Å². The number of piperazine rings is 1. The number of amides is 4. The van der Waals surface area contributed by atoms with Crippen LogP contribution in [0.15, 0.2) is 55.0 Å². The number of carbonyl (C=O) groups is 4. The molecule has 2 aromatic carbocycles. The van der Waals surface area contributed by atoms with Crippen LogP contribution in [0.2, 0.25) is 5.02 Å². The minimum Gasteiger partial charge on any atom is -0.490 e. The minimum absolute atomic E-state index is 0.00762. The van der Waals surface area contributed by atoms with Crippen LogP contribution in [0, 0.1) is 18.3 Å². The van der Waals surface area contributed by atoms with Gasteiger partial charge in [0.05, 0.1) is 46.9 Å². The molecule has 5 aliphatic rings. The number of fused-ring (bicyclic) bond motifs is 1. The van der Waals surface area contributed by atoms with E-state index in [0.29, 0.717) is 53.3 Å². The largest absolute Gasteiger partial charge is 0.490 e. The molecule has 4 amide bonds. The highest BCUT2D eigenvalue weighted by atomic mass is 35.5. The van der Waals surface area contributed by atoms with Gasteiger partial charge in [-0.3, -0.25) is 29.0 Å². The van der Waals surface area contributed by atoms with Gasteiger partial charge in [-0.15, -0.1) is 0 Å². The molecule has 2 N–H and O–H groups in total. The van der Waals surface area contributed by atoms with Gasteiger partial charge in [-0.25, -0.2) is 19.2 Å². The van der Waals surface area contributed by atoms with Gasteiger partial charge in [-0.1, -0.05) is 24.2 Å². The third-order valence-electron chi connectivity index (χ3n) is 12.0. The number of ether oxygens (including phenoxy) is 1. The summed E-state index contributed by atoms with van der Waals surface area (Å²) in [6, 6.07) is 6.78. The summed E-state index contributed by atoms with van der Waals surface area (Å²) in [6.45, 7) is 16.1. The Balaban J connectivity index is 0.764. The van der Waals surface area contributed by atoms with Crippen LogP contribution in [0.3, 0.4) is 0 Å². The number of benzene rings is 2. The zero-order valence-corrected chi connectivity index (χ0v) is 32.8. The molecule has 1 aliphatic carbocycles. The molecule has 3 aromatic rings. The molecule has 16 heteroatoms. The topological polar surface area (TPSA) is 145 Å². The van der Waals surface area contributed by atoms with Gasteiger partial charge in [0.25, 0.3) is 17.7 Å². The predicted octanol–water partition coefficient (Wildman–Crippen LogP) is 5.37. The maximum absolute atomic E-state index is 15.4. The van der Waals surface area contributed by atoms with Crippen LogP contribution in [-0.4, -0.2) is 107 Å². The van der Waals surface area contributed by atoms with E-state index in [0.717, 1.165) is 88.0 Å². The molecular weight excluding hydrogens is 765 g/mol. The maximum Gasteiger partial charge on any atom is 0.271 e. The summed E-state index contributed by atoms with van der Waals surface area (Å²) in [6.07, 6.45) is 9.06. The van der Waals surface area contributed by atoms with E-state index in [1.165, 1.54) is 6.07 Å². The number of anilines is 2. The average Bonchev–Trinajstić information content (AvgIpc) is 3.46. The van der Waals surface area contributed by atoms with Crippen LogP contribution in [0.5, 0.6) is 5.75 Å². The van der Waals surface area contributed by atoms with Gasteiger partial charge < -0.3 is 25.2 Å². The summed E-state index contributed by atoms with van der Waals surface area (Å²) >= 11 is 6.15. The molecule has 302 valence electrons. The highest BCUT2D eigenvalue weighted by Crippen LogP contribution is 2.35. The van der Waals surface area contributed by atoms with E-state index in [1.807, 2.05) is 4.90 Å². The van der Waals surface area contributed by atoms with E-state index in [9.17, 15) is 19.2 Å². The first kappa shape index (κ1) is 39.2. The van der Waals surface area contributed by atoms with E-state index >= 15 is 4.39 Å². The van der Waals surface area contributed by atoms with Crippen molar-refractivity contribution in [1.82, 2.24) is 30.4 Å². The van der Waals surface area contributed by atoms with Crippen LogP contribution in [-0.2, 0) is 4.79 Å². The second kappa shape index (κ2) is 16.7. The van der Waals surface area contributed by atoms with Gasteiger partial charge in [0.2, 0.25) is 11.6 Å². The maximum atomic E-state index is 15.4. The number of nitrogens with zero attached hydrogens (tertiary/aromatic N) is 7. The fourth-order valence-electron chi connectivity index (χ4n) is 8.71. The van der Waals surface area contributed by atoms with E-state index in [-0.39, 0.29) is 41.3 Å². The van der Waals surface area contributed by atoms with Gasteiger partial charge in [0.1, 0.15) is 29.1 Å². The Morgan fingerprint density at radius 2 is 1.66 bits per heavy atom. The Bertz CT molecular complexity index is 2160. The molecule has 0 bridgehead atoms. The third-order valence-corrected chi connectivity index (χ3v) is 12.3. The first-order valence-corrected chi connectivity index (χ1v) is 20.3. The Hall–Kier alpha value is -5.59. The number of hydrogen-bond acceptors (Lipinski definition) is 10. The molecular formula is C42H45ClFN9O5. The molecule has 1 atom stereocenters. The molecule has 4 fully saturated rings. The smallest absolute Gasteiger partial charge is 0.271 e. The van der Waals surface area contributed by atoms with Crippen LogP contribution >= 0.6 is 11.6 Å². The average molecular weight is 810 g/mol. The summed E-state index contributed by atoms with van der Waals surface area (Å²) in [5, 5.41) is 6.09. The fourth-order valence-corrected chi connectivity index (χ4v) is 8.93. The highest BCUT2D eigenvalue weighted by molar-refractivity contribution is 6.33. The van der Waals surface area contributed by atoms with Gasteiger partial charge >= 0.3 is 0 Å². The van der Waals surface area contributed by atoms with Crippen LogP contribution in [0.1, 0.15) is 82.6 Å². The molecule has 5 heterocycles. The highest BCUT2D eigenvalue weighted by Gasteiger charge is 2.45. The molecule has 1 unspecified atom stereocenters. The van der Waals surface area contributed by atoms with Gasteiger partial charge in [0.15, 0.2) is 0 Å². The molecule has 0 spiro atoms. The summed E-state index contributed by atoms with van der Waals surface area (Å²) in [5.41, 5.74) is 1.64. The summed E-state index contributed by atoms with van der Waals surface area (Å²) in [4.78, 5) is 72.0. The van der Waals surface area contributed by atoms with Crippen molar-refractivity contribution in [2.45, 2.75) is 69.6 Å². The lowest BCUT2D eigenvalue weighted by Gasteiger charge is -2.40. The van der Waals surface area contributed by atoms with Crippen molar-refractivity contribution in [3.63, 3.8) is 0 Å². The molecule has 14 nitrogen and oxygen atoms in total. The second-order valence-electron chi connectivity index (χ2n) is 15.7. The van der Waals surface area contributed by atoms with Gasteiger partial charge in [0, 0.05) is 57.6 Å².